The first-order chi connectivity index (χ1) is 15.1. The molecule has 4 atom stereocenters. The van der Waals surface area contributed by atoms with Gasteiger partial charge in [0.1, 0.15) is 23.6 Å². The molecular formula is C21H19ClFN7O2. The first-order valence-corrected chi connectivity index (χ1v) is 10.1. The number of hydrogen-bond donors (Lipinski definition) is 3. The second kappa shape index (κ2) is 7.56. The van der Waals surface area contributed by atoms with Crippen LogP contribution in [-0.4, -0.2) is 46.7 Å². The highest BCUT2D eigenvalue weighted by molar-refractivity contribution is 5.92. The summed E-state index contributed by atoms with van der Waals surface area (Å²) in [7, 11) is 0. The van der Waals surface area contributed by atoms with E-state index in [4.69, 9.17) is 4.98 Å². The van der Waals surface area contributed by atoms with Gasteiger partial charge in [0.2, 0.25) is 0 Å². The van der Waals surface area contributed by atoms with E-state index in [0.717, 1.165) is 19.0 Å². The van der Waals surface area contributed by atoms with Crippen molar-refractivity contribution in [3.63, 3.8) is 0 Å². The lowest BCUT2D eigenvalue weighted by Gasteiger charge is -2.43. The fourth-order valence-corrected chi connectivity index (χ4v) is 4.95. The largest absolute Gasteiger partial charge is 0.481 e. The lowest BCUT2D eigenvalue weighted by Crippen LogP contribution is -2.49. The molecule has 1 saturated carbocycles. The second-order valence-corrected chi connectivity index (χ2v) is 8.10. The second-order valence-electron chi connectivity index (χ2n) is 8.10. The van der Waals surface area contributed by atoms with Gasteiger partial charge < -0.3 is 15.4 Å². The molecule has 4 aromatic heterocycles. The number of anilines is 1. The maximum atomic E-state index is 13.9. The van der Waals surface area contributed by atoms with Gasteiger partial charge in [-0.2, -0.15) is 0 Å². The third-order valence-corrected chi connectivity index (χ3v) is 6.38. The van der Waals surface area contributed by atoms with Crippen molar-refractivity contribution in [2.75, 3.05) is 5.32 Å². The summed E-state index contributed by atoms with van der Waals surface area (Å²) in [5, 5.41) is 21.9. The maximum Gasteiger partial charge on any atom is 0.309 e. The molecule has 2 bridgehead atoms. The minimum atomic E-state index is -0.807. The van der Waals surface area contributed by atoms with Gasteiger partial charge in [-0.25, -0.2) is 14.4 Å². The molecule has 0 spiro atoms. The molecule has 7 rings (SSSR count). The van der Waals surface area contributed by atoms with Crippen LogP contribution in [-0.2, 0) is 4.79 Å². The average molecular weight is 456 g/mol. The van der Waals surface area contributed by atoms with E-state index in [1.807, 2.05) is 6.08 Å². The van der Waals surface area contributed by atoms with Crippen molar-refractivity contribution >= 4 is 40.9 Å². The Kier molecular flexibility index (Phi) is 4.81. The van der Waals surface area contributed by atoms with Crippen LogP contribution in [0.2, 0.25) is 0 Å². The van der Waals surface area contributed by atoms with Crippen LogP contribution in [0.3, 0.4) is 0 Å². The van der Waals surface area contributed by atoms with Crippen molar-refractivity contribution in [1.82, 2.24) is 29.5 Å². The molecule has 3 N–H and O–H groups in total. The van der Waals surface area contributed by atoms with Gasteiger partial charge in [0.05, 0.1) is 12.1 Å². The molecule has 0 radical (unpaired) electrons. The van der Waals surface area contributed by atoms with Crippen molar-refractivity contribution in [2.45, 2.75) is 18.9 Å². The molecule has 0 saturated heterocycles. The Hall–Kier alpha value is -3.53. The van der Waals surface area contributed by atoms with Gasteiger partial charge in [0.15, 0.2) is 11.5 Å². The summed E-state index contributed by atoms with van der Waals surface area (Å²) in [5.41, 5.74) is 1.74. The normalized spacial score (nSPS) is 24.0. The summed E-state index contributed by atoms with van der Waals surface area (Å²) in [5.74, 6) is -0.626. The molecular weight excluding hydrogens is 437 g/mol. The van der Waals surface area contributed by atoms with E-state index < -0.39 is 17.7 Å². The summed E-state index contributed by atoms with van der Waals surface area (Å²) >= 11 is 0. The van der Waals surface area contributed by atoms with Gasteiger partial charge in [-0.3, -0.25) is 9.20 Å². The number of pyridine rings is 1. The number of fused-ring (bicyclic) bond motifs is 4. The van der Waals surface area contributed by atoms with Crippen molar-refractivity contribution < 1.29 is 14.3 Å². The van der Waals surface area contributed by atoms with Crippen molar-refractivity contribution in [2.24, 2.45) is 17.8 Å². The lowest BCUT2D eigenvalue weighted by atomic mass is 9.66. The number of nitrogens with zero attached hydrogens (tertiary/aromatic N) is 5. The van der Waals surface area contributed by atoms with E-state index in [1.54, 1.807) is 23.0 Å². The number of halogens is 2. The van der Waals surface area contributed by atoms with Gasteiger partial charge in [-0.05, 0) is 30.7 Å². The lowest BCUT2D eigenvalue weighted by molar-refractivity contribution is -0.145. The highest BCUT2D eigenvalue weighted by Gasteiger charge is 2.45. The quantitative estimate of drug-likeness (QED) is 0.403. The van der Waals surface area contributed by atoms with Gasteiger partial charge >= 0.3 is 5.97 Å². The van der Waals surface area contributed by atoms with Crippen LogP contribution in [0.25, 0.3) is 28.1 Å². The standard InChI is InChI=1S/C21H18FN7O2.ClH/c22-12-5-13-14(8-24-19(13)23-7-12)20-27-15(6-16-28-25-9-29(16)20)26-18-11-3-1-10(2-4-11)17(18)21(30)31;/h1,3,5-11,17-18,26H,2,4H2,(H,23,24)(H,30,31);1H/t10?,11?,17-,18-;/m0./s1. The first-order valence-electron chi connectivity index (χ1n) is 10.1. The number of carboxylic acid groups (broad SMARTS) is 1. The Bertz CT molecular complexity index is 1370. The minimum absolute atomic E-state index is 0. The molecule has 3 aliphatic rings. The smallest absolute Gasteiger partial charge is 0.309 e. The highest BCUT2D eigenvalue weighted by atomic mass is 35.5. The molecule has 11 heteroatoms. The molecule has 4 heterocycles. The van der Waals surface area contributed by atoms with Crippen molar-refractivity contribution in [3.8, 4) is 11.4 Å². The Morgan fingerprint density at radius 2 is 2.06 bits per heavy atom. The van der Waals surface area contributed by atoms with E-state index in [9.17, 15) is 14.3 Å². The third kappa shape index (κ3) is 3.10. The Morgan fingerprint density at radius 3 is 2.84 bits per heavy atom. The number of H-pyrrole nitrogens is 1. The van der Waals surface area contributed by atoms with Crippen LogP contribution in [0.15, 0.2) is 43.0 Å². The third-order valence-electron chi connectivity index (χ3n) is 6.38. The van der Waals surface area contributed by atoms with Crippen LogP contribution in [0.4, 0.5) is 10.2 Å². The number of carboxylic acids is 1. The van der Waals surface area contributed by atoms with E-state index in [0.29, 0.717) is 33.9 Å². The van der Waals surface area contributed by atoms with E-state index >= 15 is 0 Å². The number of rotatable bonds is 4. The van der Waals surface area contributed by atoms with Crippen LogP contribution in [0, 0.1) is 23.6 Å². The molecule has 164 valence electrons. The molecule has 0 aromatic carbocycles. The zero-order valence-corrected chi connectivity index (χ0v) is 17.5. The predicted molar refractivity (Wildman–Crippen MR) is 117 cm³/mol. The molecule has 1 fully saturated rings. The van der Waals surface area contributed by atoms with E-state index in [1.165, 1.54) is 6.07 Å². The zero-order chi connectivity index (χ0) is 21.1. The fourth-order valence-electron chi connectivity index (χ4n) is 4.95. The SMILES string of the molecule is Cl.O=C(O)[C@H]1C2C=CC(CC2)[C@@H]1Nc1cc2nncn2c(-c2c[nH]c3ncc(F)cc23)n1. The van der Waals surface area contributed by atoms with Gasteiger partial charge in [0.25, 0.3) is 0 Å². The molecule has 9 nitrogen and oxygen atoms in total. The zero-order valence-electron chi connectivity index (χ0n) is 16.6. The summed E-state index contributed by atoms with van der Waals surface area (Å²) in [6.07, 6.45) is 10.4. The number of aromatic nitrogens is 6. The average Bonchev–Trinajstić information content (AvgIpc) is 3.40. The summed E-state index contributed by atoms with van der Waals surface area (Å²) in [6.45, 7) is 0. The Morgan fingerprint density at radius 1 is 1.25 bits per heavy atom. The Labute approximate surface area is 187 Å². The van der Waals surface area contributed by atoms with Crippen LogP contribution in [0.1, 0.15) is 12.8 Å². The van der Waals surface area contributed by atoms with Gasteiger partial charge in [0, 0.05) is 29.3 Å². The Balaban J connectivity index is 0.00000216. The molecule has 32 heavy (non-hydrogen) atoms. The van der Waals surface area contributed by atoms with Gasteiger partial charge in [-0.15, -0.1) is 22.6 Å². The number of hydrogen-bond acceptors (Lipinski definition) is 6. The van der Waals surface area contributed by atoms with Gasteiger partial charge in [-0.1, -0.05) is 12.2 Å². The van der Waals surface area contributed by atoms with Crippen molar-refractivity contribution in [1.29, 1.82) is 0 Å². The van der Waals surface area contributed by atoms with E-state index in [-0.39, 0.29) is 30.3 Å². The number of aromatic amines is 1. The fraction of sp³-hybridized carbons (Fsp3) is 0.286. The topological polar surface area (TPSA) is 121 Å². The van der Waals surface area contributed by atoms with Crippen molar-refractivity contribution in [3.05, 3.63) is 48.8 Å². The monoisotopic (exact) mass is 455 g/mol. The van der Waals surface area contributed by atoms with E-state index in [2.05, 4.69) is 31.6 Å². The highest BCUT2D eigenvalue weighted by Crippen LogP contribution is 2.42. The van der Waals surface area contributed by atoms with Crippen LogP contribution >= 0.6 is 12.4 Å². The summed E-state index contributed by atoms with van der Waals surface area (Å²) in [4.78, 5) is 23.8. The number of carbonyl (C=O) groups is 1. The number of allylic oxidation sites excluding steroid dienone is 1. The molecule has 0 amide bonds. The number of nitrogens with one attached hydrogen (secondary N) is 2. The molecule has 0 aliphatic heterocycles. The van der Waals surface area contributed by atoms with Crippen LogP contribution < -0.4 is 5.32 Å². The summed E-state index contributed by atoms with van der Waals surface area (Å²) < 4.78 is 15.6. The first kappa shape index (κ1) is 20.4. The minimum Gasteiger partial charge on any atom is -0.481 e. The summed E-state index contributed by atoms with van der Waals surface area (Å²) in [6, 6.07) is 2.88. The molecule has 2 unspecified atom stereocenters. The maximum absolute atomic E-state index is 13.9. The number of aliphatic carboxylic acids is 1. The molecule has 4 aromatic rings. The predicted octanol–water partition coefficient (Wildman–Crippen LogP) is 3.31. The van der Waals surface area contributed by atoms with Crippen LogP contribution in [0.5, 0.6) is 0 Å². The molecule has 3 aliphatic carbocycles.